The predicted molar refractivity (Wildman–Crippen MR) is 51.7 cm³/mol. The highest BCUT2D eigenvalue weighted by Gasteiger charge is 2.33. The Labute approximate surface area is 73.6 Å². The van der Waals surface area contributed by atoms with Crippen molar-refractivity contribution in [3.63, 3.8) is 0 Å². The predicted octanol–water partition coefficient (Wildman–Crippen LogP) is 1.10. The van der Waals surface area contributed by atoms with E-state index in [1.165, 1.54) is 6.54 Å². The summed E-state index contributed by atoms with van der Waals surface area (Å²) in [6, 6.07) is 0. The molecule has 1 heterocycles. The standard InChI is InChI=1S/C8H18N2S/c1-8(2)6-9-4-7(8)5-10-11-3/h7,9-10H,4-6H2,1-3H3. The van der Waals surface area contributed by atoms with Crippen LogP contribution in [0.5, 0.6) is 0 Å². The van der Waals surface area contributed by atoms with E-state index in [2.05, 4.69) is 30.1 Å². The molecule has 2 nitrogen and oxygen atoms in total. The average molecular weight is 174 g/mol. The molecule has 66 valence electrons. The van der Waals surface area contributed by atoms with E-state index in [0.717, 1.165) is 19.0 Å². The number of rotatable bonds is 3. The maximum atomic E-state index is 3.42. The molecule has 1 rings (SSSR count). The van der Waals surface area contributed by atoms with Gasteiger partial charge in [-0.15, -0.1) is 0 Å². The Morgan fingerprint density at radius 3 is 2.82 bits per heavy atom. The van der Waals surface area contributed by atoms with Crippen molar-refractivity contribution >= 4 is 11.9 Å². The summed E-state index contributed by atoms with van der Waals surface area (Å²) >= 11 is 1.71. The maximum absolute atomic E-state index is 3.42. The second kappa shape index (κ2) is 3.78. The molecule has 1 atom stereocenters. The van der Waals surface area contributed by atoms with Crippen LogP contribution in [0.1, 0.15) is 13.8 Å². The van der Waals surface area contributed by atoms with Gasteiger partial charge >= 0.3 is 0 Å². The van der Waals surface area contributed by atoms with Gasteiger partial charge in [-0.25, -0.2) is 0 Å². The van der Waals surface area contributed by atoms with Gasteiger partial charge in [0.2, 0.25) is 0 Å². The molecule has 0 aromatic rings. The summed E-state index contributed by atoms with van der Waals surface area (Å²) < 4.78 is 3.32. The van der Waals surface area contributed by atoms with Gasteiger partial charge in [-0.3, -0.25) is 4.72 Å². The summed E-state index contributed by atoms with van der Waals surface area (Å²) in [5.74, 6) is 0.787. The lowest BCUT2D eigenvalue weighted by molar-refractivity contribution is 0.291. The SMILES string of the molecule is CSNCC1CNCC1(C)C. The van der Waals surface area contributed by atoms with Crippen LogP contribution in [0.15, 0.2) is 0 Å². The van der Waals surface area contributed by atoms with E-state index < -0.39 is 0 Å². The van der Waals surface area contributed by atoms with E-state index in [0.29, 0.717) is 5.41 Å². The molecule has 0 aromatic heterocycles. The van der Waals surface area contributed by atoms with Crippen LogP contribution in [-0.4, -0.2) is 25.9 Å². The smallest absolute Gasteiger partial charge is 0.0104 e. The Balaban J connectivity index is 2.32. The largest absolute Gasteiger partial charge is 0.316 e. The van der Waals surface area contributed by atoms with Gasteiger partial charge in [0.05, 0.1) is 0 Å². The van der Waals surface area contributed by atoms with Crippen molar-refractivity contribution in [2.24, 2.45) is 11.3 Å². The molecule has 2 N–H and O–H groups in total. The Bertz CT molecular complexity index is 125. The van der Waals surface area contributed by atoms with Crippen molar-refractivity contribution in [1.82, 2.24) is 10.0 Å². The van der Waals surface area contributed by atoms with Crippen molar-refractivity contribution in [2.75, 3.05) is 25.9 Å². The second-order valence-corrected chi connectivity index (χ2v) is 4.57. The Morgan fingerprint density at radius 1 is 1.64 bits per heavy atom. The van der Waals surface area contributed by atoms with Crippen LogP contribution in [-0.2, 0) is 0 Å². The molecule has 0 spiro atoms. The van der Waals surface area contributed by atoms with Gasteiger partial charge in [0.25, 0.3) is 0 Å². The summed E-state index contributed by atoms with van der Waals surface area (Å²) in [5, 5.41) is 3.42. The third-order valence-electron chi connectivity index (χ3n) is 2.55. The summed E-state index contributed by atoms with van der Waals surface area (Å²) in [4.78, 5) is 0. The van der Waals surface area contributed by atoms with E-state index in [9.17, 15) is 0 Å². The second-order valence-electron chi connectivity index (χ2n) is 3.87. The highest BCUT2D eigenvalue weighted by atomic mass is 32.2. The molecule has 1 unspecified atom stereocenters. The Hall–Kier alpha value is 0.270. The first-order valence-corrected chi connectivity index (χ1v) is 5.36. The molecule has 0 radical (unpaired) electrons. The summed E-state index contributed by atoms with van der Waals surface area (Å²) in [7, 11) is 0. The maximum Gasteiger partial charge on any atom is 0.0104 e. The van der Waals surface area contributed by atoms with E-state index in [1.807, 2.05) is 0 Å². The minimum absolute atomic E-state index is 0.475. The first kappa shape index (κ1) is 9.36. The summed E-state index contributed by atoms with van der Waals surface area (Å²) in [6.45, 7) is 8.12. The normalized spacial score (nSPS) is 29.2. The fourth-order valence-corrected chi connectivity index (χ4v) is 1.89. The zero-order valence-corrected chi connectivity index (χ0v) is 8.42. The number of nitrogens with one attached hydrogen (secondary N) is 2. The van der Waals surface area contributed by atoms with Crippen molar-refractivity contribution in [3.8, 4) is 0 Å². The van der Waals surface area contributed by atoms with Crippen LogP contribution in [0.3, 0.4) is 0 Å². The first-order chi connectivity index (χ1) is 5.17. The van der Waals surface area contributed by atoms with Crippen LogP contribution >= 0.6 is 11.9 Å². The van der Waals surface area contributed by atoms with Crippen LogP contribution in [0.4, 0.5) is 0 Å². The van der Waals surface area contributed by atoms with Crippen molar-refractivity contribution in [3.05, 3.63) is 0 Å². The average Bonchev–Trinajstić information content (AvgIpc) is 2.25. The van der Waals surface area contributed by atoms with Crippen molar-refractivity contribution < 1.29 is 0 Å². The van der Waals surface area contributed by atoms with E-state index >= 15 is 0 Å². The lowest BCUT2D eigenvalue weighted by atomic mass is 9.82. The molecule has 1 aliphatic heterocycles. The van der Waals surface area contributed by atoms with Crippen molar-refractivity contribution in [1.29, 1.82) is 0 Å². The highest BCUT2D eigenvalue weighted by Crippen LogP contribution is 2.29. The topological polar surface area (TPSA) is 24.1 Å². The quantitative estimate of drug-likeness (QED) is 0.627. The molecule has 0 saturated carbocycles. The number of hydrogen-bond donors (Lipinski definition) is 2. The third-order valence-corrected chi connectivity index (χ3v) is 3.01. The summed E-state index contributed by atoms with van der Waals surface area (Å²) in [5.41, 5.74) is 0.475. The third kappa shape index (κ3) is 2.36. The lowest BCUT2D eigenvalue weighted by Gasteiger charge is -2.25. The summed E-state index contributed by atoms with van der Waals surface area (Å²) in [6.07, 6.45) is 2.08. The zero-order chi connectivity index (χ0) is 8.32. The van der Waals surface area contributed by atoms with E-state index in [4.69, 9.17) is 0 Å². The molecule has 0 aromatic carbocycles. The van der Waals surface area contributed by atoms with E-state index in [-0.39, 0.29) is 0 Å². The van der Waals surface area contributed by atoms with Gasteiger partial charge < -0.3 is 5.32 Å². The zero-order valence-electron chi connectivity index (χ0n) is 7.61. The van der Waals surface area contributed by atoms with Gasteiger partial charge in [-0.05, 0) is 24.1 Å². The van der Waals surface area contributed by atoms with Crippen LogP contribution in [0, 0.1) is 11.3 Å². The Morgan fingerprint density at radius 2 is 2.36 bits per heavy atom. The van der Waals surface area contributed by atoms with Gasteiger partial charge in [0.1, 0.15) is 0 Å². The van der Waals surface area contributed by atoms with Crippen LogP contribution in [0.2, 0.25) is 0 Å². The minimum Gasteiger partial charge on any atom is -0.316 e. The molecule has 0 amide bonds. The molecule has 11 heavy (non-hydrogen) atoms. The van der Waals surface area contributed by atoms with Crippen molar-refractivity contribution in [2.45, 2.75) is 13.8 Å². The molecule has 1 saturated heterocycles. The lowest BCUT2D eigenvalue weighted by Crippen LogP contribution is -2.29. The van der Waals surface area contributed by atoms with E-state index in [1.54, 1.807) is 11.9 Å². The molecular weight excluding hydrogens is 156 g/mol. The Kier molecular flexibility index (Phi) is 3.22. The fourth-order valence-electron chi connectivity index (χ4n) is 1.52. The van der Waals surface area contributed by atoms with Gasteiger partial charge in [0.15, 0.2) is 0 Å². The molecule has 1 fully saturated rings. The molecule has 1 aliphatic rings. The first-order valence-electron chi connectivity index (χ1n) is 4.13. The minimum atomic E-state index is 0.475. The van der Waals surface area contributed by atoms with Gasteiger partial charge in [0, 0.05) is 13.1 Å². The van der Waals surface area contributed by atoms with Gasteiger partial charge in [-0.2, -0.15) is 0 Å². The molecule has 0 bridgehead atoms. The molecule has 0 aliphatic carbocycles. The fraction of sp³-hybridized carbons (Fsp3) is 1.00. The highest BCUT2D eigenvalue weighted by molar-refractivity contribution is 7.96. The monoisotopic (exact) mass is 174 g/mol. The van der Waals surface area contributed by atoms with Gasteiger partial charge in [-0.1, -0.05) is 25.8 Å². The molecule has 3 heteroatoms. The van der Waals surface area contributed by atoms with Crippen LogP contribution in [0.25, 0.3) is 0 Å². The number of hydrogen-bond acceptors (Lipinski definition) is 3. The molecular formula is C8H18N2S. The van der Waals surface area contributed by atoms with Crippen LogP contribution < -0.4 is 10.0 Å².